The van der Waals surface area contributed by atoms with E-state index < -0.39 is 5.97 Å². The van der Waals surface area contributed by atoms with Crippen LogP contribution < -0.4 is 4.74 Å². The van der Waals surface area contributed by atoms with Crippen molar-refractivity contribution in [2.45, 2.75) is 6.92 Å². The van der Waals surface area contributed by atoms with E-state index in [1.165, 1.54) is 13.1 Å². The standard InChI is InChI=1S/C6H4Br2N2O2/c1-3(11)12-6-5(8)9-2-4(7)10-6/h2H,1H3. The van der Waals surface area contributed by atoms with E-state index in [1.807, 2.05) is 0 Å². The summed E-state index contributed by atoms with van der Waals surface area (Å²) in [6.07, 6.45) is 1.50. The molecule has 1 aromatic heterocycles. The van der Waals surface area contributed by atoms with Crippen molar-refractivity contribution in [1.82, 2.24) is 9.97 Å². The van der Waals surface area contributed by atoms with E-state index in [9.17, 15) is 4.79 Å². The zero-order valence-corrected chi connectivity index (χ0v) is 9.22. The van der Waals surface area contributed by atoms with Crippen molar-refractivity contribution in [3.8, 4) is 5.88 Å². The van der Waals surface area contributed by atoms with Crippen molar-refractivity contribution in [3.63, 3.8) is 0 Å². The number of aromatic nitrogens is 2. The Labute approximate surface area is 85.6 Å². The monoisotopic (exact) mass is 294 g/mol. The number of carbonyl (C=O) groups excluding carboxylic acids is 1. The lowest BCUT2D eigenvalue weighted by atomic mass is 10.7. The molecule has 6 heteroatoms. The zero-order valence-electron chi connectivity index (χ0n) is 6.04. The van der Waals surface area contributed by atoms with Crippen molar-refractivity contribution < 1.29 is 9.53 Å². The SMILES string of the molecule is CC(=O)Oc1nc(Br)cnc1Br. The van der Waals surface area contributed by atoms with Gasteiger partial charge in [-0.1, -0.05) is 0 Å². The molecule has 4 nitrogen and oxygen atoms in total. The summed E-state index contributed by atoms with van der Waals surface area (Å²) in [6, 6.07) is 0. The summed E-state index contributed by atoms with van der Waals surface area (Å²) in [5.41, 5.74) is 0. The first-order valence-corrected chi connectivity index (χ1v) is 4.54. The topological polar surface area (TPSA) is 52.1 Å². The average molecular weight is 296 g/mol. The van der Waals surface area contributed by atoms with Gasteiger partial charge in [0.15, 0.2) is 4.60 Å². The molecule has 1 heterocycles. The minimum atomic E-state index is -0.428. The third-order valence-electron chi connectivity index (χ3n) is 0.910. The number of nitrogens with zero attached hydrogens (tertiary/aromatic N) is 2. The lowest BCUT2D eigenvalue weighted by molar-refractivity contribution is -0.132. The first-order chi connectivity index (χ1) is 5.59. The van der Waals surface area contributed by atoms with Gasteiger partial charge in [0.05, 0.1) is 6.20 Å². The third kappa shape index (κ3) is 2.53. The lowest BCUT2D eigenvalue weighted by Gasteiger charge is -2.00. The number of hydrogen-bond acceptors (Lipinski definition) is 4. The molecule has 0 N–H and O–H groups in total. The highest BCUT2D eigenvalue weighted by atomic mass is 79.9. The van der Waals surface area contributed by atoms with Crippen LogP contribution in [0.2, 0.25) is 0 Å². The number of halogens is 2. The van der Waals surface area contributed by atoms with Gasteiger partial charge in [0, 0.05) is 6.92 Å². The van der Waals surface area contributed by atoms with Gasteiger partial charge in [0.2, 0.25) is 0 Å². The van der Waals surface area contributed by atoms with E-state index in [1.54, 1.807) is 0 Å². The van der Waals surface area contributed by atoms with Crippen LogP contribution in [-0.2, 0) is 4.79 Å². The highest BCUT2D eigenvalue weighted by Crippen LogP contribution is 2.21. The normalized spacial score (nSPS) is 9.58. The van der Waals surface area contributed by atoms with Gasteiger partial charge in [0.25, 0.3) is 5.88 Å². The Morgan fingerprint density at radius 1 is 1.58 bits per heavy atom. The molecule has 0 aromatic carbocycles. The van der Waals surface area contributed by atoms with E-state index in [0.717, 1.165) is 0 Å². The molecule has 1 rings (SSSR count). The molecule has 0 fully saturated rings. The Hall–Kier alpha value is -0.490. The van der Waals surface area contributed by atoms with Gasteiger partial charge < -0.3 is 4.74 Å². The van der Waals surface area contributed by atoms with E-state index >= 15 is 0 Å². The molecule has 0 saturated carbocycles. The second-order valence-corrected chi connectivity index (χ2v) is 3.45. The quantitative estimate of drug-likeness (QED) is 0.743. The summed E-state index contributed by atoms with van der Waals surface area (Å²) in [6.45, 7) is 1.30. The Balaban J connectivity index is 2.97. The van der Waals surface area contributed by atoms with Gasteiger partial charge in [-0.25, -0.2) is 9.97 Å². The molecule has 0 saturated heterocycles. The van der Waals surface area contributed by atoms with Crippen LogP contribution >= 0.6 is 31.9 Å². The van der Waals surface area contributed by atoms with Crippen LogP contribution in [-0.4, -0.2) is 15.9 Å². The predicted octanol–water partition coefficient (Wildman–Crippen LogP) is 1.93. The molecular weight excluding hydrogens is 292 g/mol. The van der Waals surface area contributed by atoms with Gasteiger partial charge in [0.1, 0.15) is 4.60 Å². The molecule has 0 unspecified atom stereocenters. The zero-order chi connectivity index (χ0) is 9.14. The summed E-state index contributed by atoms with van der Waals surface area (Å²) in [5, 5.41) is 0. The molecule has 0 spiro atoms. The van der Waals surface area contributed by atoms with E-state index in [-0.39, 0.29) is 5.88 Å². The number of ether oxygens (including phenoxy) is 1. The fourth-order valence-corrected chi connectivity index (χ4v) is 1.07. The summed E-state index contributed by atoms with van der Waals surface area (Å²) >= 11 is 6.19. The van der Waals surface area contributed by atoms with Crippen LogP contribution in [0.5, 0.6) is 5.88 Å². The molecule has 0 atom stereocenters. The average Bonchev–Trinajstić information content (AvgIpc) is 1.96. The third-order valence-corrected chi connectivity index (χ3v) is 1.84. The largest absolute Gasteiger partial charge is 0.405 e. The molecule has 0 bridgehead atoms. The Morgan fingerprint density at radius 3 is 2.83 bits per heavy atom. The minimum absolute atomic E-state index is 0.164. The number of esters is 1. The van der Waals surface area contributed by atoms with Crippen molar-refractivity contribution in [3.05, 3.63) is 15.4 Å². The second-order valence-electron chi connectivity index (χ2n) is 1.88. The maximum Gasteiger partial charge on any atom is 0.309 e. The van der Waals surface area contributed by atoms with Gasteiger partial charge in [-0.05, 0) is 31.9 Å². The fraction of sp³-hybridized carbons (Fsp3) is 0.167. The minimum Gasteiger partial charge on any atom is -0.405 e. The van der Waals surface area contributed by atoms with Crippen LogP contribution in [0.15, 0.2) is 15.4 Å². The highest BCUT2D eigenvalue weighted by Gasteiger charge is 2.06. The van der Waals surface area contributed by atoms with Crippen LogP contribution in [0.3, 0.4) is 0 Å². The van der Waals surface area contributed by atoms with E-state index in [4.69, 9.17) is 4.74 Å². The van der Waals surface area contributed by atoms with Crippen LogP contribution in [0.1, 0.15) is 6.92 Å². The lowest BCUT2D eigenvalue weighted by Crippen LogP contribution is -2.04. The molecule has 0 aliphatic heterocycles. The van der Waals surface area contributed by atoms with Crippen molar-refractivity contribution in [1.29, 1.82) is 0 Å². The van der Waals surface area contributed by atoms with Gasteiger partial charge in [-0.3, -0.25) is 4.79 Å². The molecule has 64 valence electrons. The predicted molar refractivity (Wildman–Crippen MR) is 48.7 cm³/mol. The molecule has 0 radical (unpaired) electrons. The Kier molecular flexibility index (Phi) is 3.16. The highest BCUT2D eigenvalue weighted by molar-refractivity contribution is 9.10. The summed E-state index contributed by atoms with van der Waals surface area (Å²) in [5.74, 6) is -0.264. The molecule has 0 amide bonds. The smallest absolute Gasteiger partial charge is 0.309 e. The van der Waals surface area contributed by atoms with E-state index in [0.29, 0.717) is 9.21 Å². The summed E-state index contributed by atoms with van der Waals surface area (Å²) < 4.78 is 5.66. The van der Waals surface area contributed by atoms with Crippen molar-refractivity contribution in [2.75, 3.05) is 0 Å². The van der Waals surface area contributed by atoms with Crippen molar-refractivity contribution in [2.24, 2.45) is 0 Å². The maximum absolute atomic E-state index is 10.6. The summed E-state index contributed by atoms with van der Waals surface area (Å²) in [4.78, 5) is 18.3. The summed E-state index contributed by atoms with van der Waals surface area (Å²) in [7, 11) is 0. The van der Waals surface area contributed by atoms with E-state index in [2.05, 4.69) is 41.8 Å². The number of carbonyl (C=O) groups is 1. The first kappa shape index (κ1) is 9.60. The molecular formula is C6H4Br2N2O2. The molecule has 0 aliphatic rings. The van der Waals surface area contributed by atoms with Crippen molar-refractivity contribution >= 4 is 37.8 Å². The second kappa shape index (κ2) is 3.95. The van der Waals surface area contributed by atoms with Crippen LogP contribution in [0, 0.1) is 0 Å². The van der Waals surface area contributed by atoms with Crippen LogP contribution in [0.4, 0.5) is 0 Å². The number of rotatable bonds is 1. The van der Waals surface area contributed by atoms with Gasteiger partial charge in [-0.2, -0.15) is 0 Å². The van der Waals surface area contributed by atoms with Gasteiger partial charge >= 0.3 is 5.97 Å². The molecule has 0 aliphatic carbocycles. The first-order valence-electron chi connectivity index (χ1n) is 2.96. The van der Waals surface area contributed by atoms with Gasteiger partial charge in [-0.15, -0.1) is 0 Å². The molecule has 1 aromatic rings. The maximum atomic E-state index is 10.6. The number of hydrogen-bond donors (Lipinski definition) is 0. The Bertz CT molecular complexity index is 316. The Morgan fingerprint density at radius 2 is 2.25 bits per heavy atom. The molecule has 12 heavy (non-hydrogen) atoms. The fourth-order valence-electron chi connectivity index (χ4n) is 0.538. The van der Waals surface area contributed by atoms with Crippen LogP contribution in [0.25, 0.3) is 0 Å².